The van der Waals surface area contributed by atoms with Crippen LogP contribution in [0.15, 0.2) is 38.9 Å². The van der Waals surface area contributed by atoms with Gasteiger partial charge in [0.25, 0.3) is 5.91 Å². The molecule has 0 radical (unpaired) electrons. The molecule has 0 saturated heterocycles. The summed E-state index contributed by atoms with van der Waals surface area (Å²) in [6.45, 7) is 16.9. The van der Waals surface area contributed by atoms with Gasteiger partial charge in [0.2, 0.25) is 0 Å². The third-order valence-electron chi connectivity index (χ3n) is 5.68. The molecule has 2 unspecified atom stereocenters. The molecule has 1 amide bonds. The largest absolute Gasteiger partial charge is 0.307 e. The van der Waals surface area contributed by atoms with Gasteiger partial charge in [-0.2, -0.15) is 0 Å². The quantitative estimate of drug-likeness (QED) is 0.445. The average molecular weight is 425 g/mol. The molecule has 0 bridgehead atoms. The van der Waals surface area contributed by atoms with Crippen molar-refractivity contribution in [3.63, 3.8) is 0 Å². The Morgan fingerprint density at radius 1 is 1.32 bits per heavy atom. The molecular formula is C23H34Cl2N2O. The van der Waals surface area contributed by atoms with E-state index in [0.717, 1.165) is 12.8 Å². The van der Waals surface area contributed by atoms with Crippen LogP contribution in [0, 0.1) is 10.8 Å². The summed E-state index contributed by atoms with van der Waals surface area (Å²) >= 11 is 12.6. The number of amides is 1. The third kappa shape index (κ3) is 4.91. The minimum absolute atomic E-state index is 0.0142. The number of carbonyl (C=O) groups is 1. The molecule has 2 atom stereocenters. The van der Waals surface area contributed by atoms with Crippen LogP contribution in [0.3, 0.4) is 0 Å². The van der Waals surface area contributed by atoms with Gasteiger partial charge in [0.15, 0.2) is 0 Å². The summed E-state index contributed by atoms with van der Waals surface area (Å²) in [4.78, 5) is 20.5. The highest BCUT2D eigenvalue weighted by Crippen LogP contribution is 2.43. The zero-order valence-electron chi connectivity index (χ0n) is 18.5. The highest BCUT2D eigenvalue weighted by Gasteiger charge is 2.50. The predicted octanol–water partition coefficient (Wildman–Crippen LogP) is 6.82. The second-order valence-corrected chi connectivity index (χ2v) is 10.9. The number of aliphatic imine (C=N–C) groups is 1. The maximum atomic E-state index is 13.7. The van der Waals surface area contributed by atoms with E-state index in [4.69, 9.17) is 28.2 Å². The highest BCUT2D eigenvalue weighted by molar-refractivity contribution is 6.44. The maximum Gasteiger partial charge on any atom is 0.271 e. The van der Waals surface area contributed by atoms with Crippen LogP contribution in [-0.2, 0) is 4.79 Å². The van der Waals surface area contributed by atoms with Crippen molar-refractivity contribution >= 4 is 34.8 Å². The SMILES string of the molecule is C/C=C(\C)C(CCC(C)(C)C)N1C(=O)C(C2(C)C=C(Cl)C=C(Cl)C2)=NC1(C)C. The van der Waals surface area contributed by atoms with Crippen molar-refractivity contribution in [1.29, 1.82) is 0 Å². The molecule has 2 rings (SSSR count). The number of hydrogen-bond donors (Lipinski definition) is 0. The van der Waals surface area contributed by atoms with Crippen molar-refractivity contribution in [3.8, 4) is 0 Å². The molecular weight excluding hydrogens is 391 g/mol. The Bertz CT molecular complexity index is 768. The molecule has 0 aromatic rings. The Balaban J connectivity index is 2.42. The van der Waals surface area contributed by atoms with Gasteiger partial charge in [-0.25, -0.2) is 0 Å². The molecule has 0 aromatic carbocycles. The first-order valence-electron chi connectivity index (χ1n) is 10.0. The number of allylic oxidation sites excluding steroid dienone is 5. The Kier molecular flexibility index (Phi) is 6.63. The summed E-state index contributed by atoms with van der Waals surface area (Å²) < 4.78 is 0. The van der Waals surface area contributed by atoms with E-state index in [1.54, 1.807) is 6.08 Å². The zero-order chi connectivity index (χ0) is 21.5. The molecule has 0 saturated carbocycles. The van der Waals surface area contributed by atoms with Crippen molar-refractivity contribution in [1.82, 2.24) is 4.90 Å². The van der Waals surface area contributed by atoms with Crippen LogP contribution >= 0.6 is 23.2 Å². The van der Waals surface area contributed by atoms with Crippen LogP contribution in [-0.4, -0.2) is 28.2 Å². The summed E-state index contributed by atoms with van der Waals surface area (Å²) in [6, 6.07) is 0.0191. The van der Waals surface area contributed by atoms with Crippen molar-refractivity contribution in [3.05, 3.63) is 33.9 Å². The molecule has 1 aliphatic carbocycles. The number of halogens is 2. The number of hydrogen-bond acceptors (Lipinski definition) is 2. The normalized spacial score (nSPS) is 26.8. The number of carbonyl (C=O) groups excluding carboxylic acids is 1. The van der Waals surface area contributed by atoms with Gasteiger partial charge in [-0.15, -0.1) is 0 Å². The molecule has 0 N–H and O–H groups in total. The molecule has 0 fully saturated rings. The van der Waals surface area contributed by atoms with E-state index in [1.165, 1.54) is 5.57 Å². The zero-order valence-corrected chi connectivity index (χ0v) is 20.0. The lowest BCUT2D eigenvalue weighted by atomic mass is 9.78. The first-order chi connectivity index (χ1) is 12.7. The monoisotopic (exact) mass is 424 g/mol. The molecule has 0 spiro atoms. The highest BCUT2D eigenvalue weighted by atomic mass is 35.5. The fraction of sp³-hybridized carbons (Fsp3) is 0.652. The topological polar surface area (TPSA) is 32.7 Å². The van der Waals surface area contributed by atoms with Gasteiger partial charge in [0.1, 0.15) is 11.4 Å². The second kappa shape index (κ2) is 7.99. The molecule has 28 heavy (non-hydrogen) atoms. The molecule has 0 aromatic heterocycles. The summed E-state index contributed by atoms with van der Waals surface area (Å²) in [5.74, 6) is -0.0142. The first-order valence-corrected chi connectivity index (χ1v) is 10.8. The molecule has 2 aliphatic rings. The summed E-state index contributed by atoms with van der Waals surface area (Å²) in [7, 11) is 0. The second-order valence-electron chi connectivity index (χ2n) is 9.99. The Morgan fingerprint density at radius 3 is 2.43 bits per heavy atom. The van der Waals surface area contributed by atoms with Crippen LogP contribution in [0.1, 0.15) is 74.7 Å². The van der Waals surface area contributed by atoms with Crippen LogP contribution in [0.2, 0.25) is 0 Å². The van der Waals surface area contributed by atoms with Crippen LogP contribution in [0.25, 0.3) is 0 Å². The molecule has 3 nitrogen and oxygen atoms in total. The lowest BCUT2D eigenvalue weighted by Gasteiger charge is -2.39. The van der Waals surface area contributed by atoms with E-state index in [0.29, 0.717) is 22.2 Å². The van der Waals surface area contributed by atoms with Gasteiger partial charge in [0.05, 0.1) is 6.04 Å². The first kappa shape index (κ1) is 23.2. The van der Waals surface area contributed by atoms with Crippen molar-refractivity contribution in [2.75, 3.05) is 0 Å². The van der Waals surface area contributed by atoms with Gasteiger partial charge in [-0.1, -0.05) is 61.7 Å². The van der Waals surface area contributed by atoms with E-state index >= 15 is 0 Å². The molecule has 1 heterocycles. The molecule has 156 valence electrons. The minimum atomic E-state index is -0.615. The maximum absolute atomic E-state index is 13.7. The van der Waals surface area contributed by atoms with Gasteiger partial charge >= 0.3 is 0 Å². The van der Waals surface area contributed by atoms with Gasteiger partial charge in [-0.3, -0.25) is 9.79 Å². The van der Waals surface area contributed by atoms with Gasteiger partial charge < -0.3 is 4.90 Å². The summed E-state index contributed by atoms with van der Waals surface area (Å²) in [6.07, 6.45) is 8.22. The van der Waals surface area contributed by atoms with Crippen LogP contribution in [0.5, 0.6) is 0 Å². The van der Waals surface area contributed by atoms with E-state index < -0.39 is 11.1 Å². The lowest BCUT2D eigenvalue weighted by Crippen LogP contribution is -2.51. The standard InChI is InChI=1S/C23H34Cl2N2O/c1-9-15(2)18(10-11-21(3,4)5)27-20(28)19(26-22(27,6)7)23(8)13-16(24)12-17(25)14-23/h9,12-13,18H,10-11,14H2,1-8H3/b15-9+. The van der Waals surface area contributed by atoms with Crippen molar-refractivity contribution in [2.45, 2.75) is 86.4 Å². The lowest BCUT2D eigenvalue weighted by molar-refractivity contribution is -0.129. The third-order valence-corrected chi connectivity index (χ3v) is 6.15. The summed E-state index contributed by atoms with van der Waals surface area (Å²) in [5.41, 5.74) is 0.738. The van der Waals surface area contributed by atoms with E-state index in [2.05, 4.69) is 33.8 Å². The van der Waals surface area contributed by atoms with E-state index in [1.807, 2.05) is 38.7 Å². The van der Waals surface area contributed by atoms with Crippen molar-refractivity contribution in [2.24, 2.45) is 15.8 Å². The summed E-state index contributed by atoms with van der Waals surface area (Å²) in [5, 5.41) is 1.20. The average Bonchev–Trinajstić information content (AvgIpc) is 2.76. The van der Waals surface area contributed by atoms with E-state index in [9.17, 15) is 4.79 Å². The Hall–Kier alpha value is -1.06. The number of rotatable bonds is 5. The van der Waals surface area contributed by atoms with Gasteiger partial charge in [0, 0.05) is 15.5 Å². The Labute approximate surface area is 180 Å². The fourth-order valence-corrected chi connectivity index (χ4v) is 4.88. The molecule has 1 aliphatic heterocycles. The fourth-order valence-electron chi connectivity index (χ4n) is 4.06. The van der Waals surface area contributed by atoms with Crippen LogP contribution < -0.4 is 0 Å². The number of nitrogens with zero attached hydrogens (tertiary/aromatic N) is 2. The smallest absolute Gasteiger partial charge is 0.271 e. The Morgan fingerprint density at radius 2 is 1.93 bits per heavy atom. The minimum Gasteiger partial charge on any atom is -0.307 e. The van der Waals surface area contributed by atoms with E-state index in [-0.39, 0.29) is 17.4 Å². The predicted molar refractivity (Wildman–Crippen MR) is 121 cm³/mol. The van der Waals surface area contributed by atoms with Gasteiger partial charge in [-0.05, 0) is 65.4 Å². The molecule has 5 heteroatoms. The van der Waals surface area contributed by atoms with Crippen LogP contribution in [0.4, 0.5) is 0 Å². The van der Waals surface area contributed by atoms with Crippen molar-refractivity contribution < 1.29 is 4.79 Å².